The zero-order valence-electron chi connectivity index (χ0n) is 14.0. The van der Waals surface area contributed by atoms with Crippen LogP contribution in [-0.2, 0) is 11.3 Å². The fraction of sp³-hybridized carbons (Fsp3) is 0.529. The van der Waals surface area contributed by atoms with E-state index in [2.05, 4.69) is 32.2 Å². The van der Waals surface area contributed by atoms with Crippen LogP contribution < -0.4 is 0 Å². The van der Waals surface area contributed by atoms with Crippen molar-refractivity contribution in [1.82, 2.24) is 0 Å². The Hall–Kier alpha value is -0.913. The van der Waals surface area contributed by atoms with E-state index in [-0.39, 0.29) is 10.6 Å². The lowest BCUT2D eigenvalue weighted by atomic mass is 10.2. The molecule has 126 valence electrons. The molecule has 0 fully saturated rings. The van der Waals surface area contributed by atoms with Crippen molar-refractivity contribution >= 4 is 36.4 Å². The van der Waals surface area contributed by atoms with E-state index < -0.39 is 8.07 Å². The first-order valence-electron chi connectivity index (χ1n) is 7.99. The number of nitrogens with zero attached hydrogens (tertiary/aromatic N) is 1. The van der Waals surface area contributed by atoms with Crippen molar-refractivity contribution in [1.29, 1.82) is 0 Å². The van der Waals surface area contributed by atoms with Crippen LogP contribution in [0.3, 0.4) is 0 Å². The molecule has 0 N–H and O–H groups in total. The number of hydrogen-bond acceptors (Lipinski definition) is 3. The number of ether oxygens (including phenoxy) is 1. The maximum atomic E-state index is 10.9. The van der Waals surface area contributed by atoms with Crippen LogP contribution >= 0.6 is 22.6 Å². The number of nitro benzene ring substituents is 1. The van der Waals surface area contributed by atoms with Gasteiger partial charge in [-0.2, -0.15) is 0 Å². The molecular weight excluding hydrogens is 421 g/mol. The summed E-state index contributed by atoms with van der Waals surface area (Å²) >= 11 is 2.01. The summed E-state index contributed by atoms with van der Waals surface area (Å²) in [5.41, 5.74) is 4.52. The molecule has 0 aliphatic carbocycles. The van der Waals surface area contributed by atoms with Gasteiger partial charge in [-0.3, -0.25) is 10.1 Å². The van der Waals surface area contributed by atoms with Gasteiger partial charge in [-0.15, -0.1) is 11.5 Å². The third-order valence-corrected chi connectivity index (χ3v) is 10.3. The number of rotatable bonds is 8. The van der Waals surface area contributed by atoms with Gasteiger partial charge in [-0.1, -0.05) is 32.9 Å². The standard InChI is InChI=1S/C17H24INO3Si/c1-4-23(5-2,6-3)13-8-7-12-22-14-15-10-9-11-16(17(15)18)19(20)21/h9-11H,4-7,12,14H2,1-3H3. The molecule has 0 spiro atoms. The van der Waals surface area contributed by atoms with Crippen LogP contribution in [-0.4, -0.2) is 19.6 Å². The van der Waals surface area contributed by atoms with Crippen LogP contribution in [0.25, 0.3) is 0 Å². The van der Waals surface area contributed by atoms with Crippen LogP contribution in [0.1, 0.15) is 32.8 Å². The second kappa shape index (κ2) is 10.1. The molecule has 0 saturated carbocycles. The maximum absolute atomic E-state index is 10.9. The Bertz CT molecular complexity index is 583. The van der Waals surface area contributed by atoms with Crippen molar-refractivity contribution in [2.24, 2.45) is 0 Å². The Morgan fingerprint density at radius 1 is 1.26 bits per heavy atom. The number of nitro groups is 1. The van der Waals surface area contributed by atoms with E-state index in [1.54, 1.807) is 6.07 Å². The van der Waals surface area contributed by atoms with Gasteiger partial charge >= 0.3 is 0 Å². The van der Waals surface area contributed by atoms with Gasteiger partial charge in [0.25, 0.3) is 5.69 Å². The molecule has 4 nitrogen and oxygen atoms in total. The molecule has 1 rings (SSSR count). The summed E-state index contributed by atoms with van der Waals surface area (Å²) in [7, 11) is -1.36. The van der Waals surface area contributed by atoms with Crippen molar-refractivity contribution in [3.8, 4) is 11.5 Å². The van der Waals surface area contributed by atoms with Crippen LogP contribution in [0.2, 0.25) is 18.1 Å². The SMILES string of the molecule is CC[Si](C#CCCOCc1cccc([N+](=O)[O-])c1I)(CC)CC. The fourth-order valence-corrected chi connectivity index (χ4v) is 5.63. The zero-order chi connectivity index (χ0) is 17.3. The topological polar surface area (TPSA) is 52.4 Å². The van der Waals surface area contributed by atoms with Gasteiger partial charge in [0.2, 0.25) is 0 Å². The lowest BCUT2D eigenvalue weighted by molar-refractivity contribution is -0.385. The first-order valence-corrected chi connectivity index (χ1v) is 11.7. The Balaban J connectivity index is 2.51. The predicted octanol–water partition coefficient (Wildman–Crippen LogP) is 5.16. The number of halogens is 1. The average Bonchev–Trinajstić information content (AvgIpc) is 2.56. The quantitative estimate of drug-likeness (QED) is 0.139. The molecule has 0 aromatic heterocycles. The summed E-state index contributed by atoms with van der Waals surface area (Å²) in [6.07, 6.45) is 0.722. The van der Waals surface area contributed by atoms with Gasteiger partial charge < -0.3 is 4.74 Å². The molecule has 0 saturated heterocycles. The zero-order valence-corrected chi connectivity index (χ0v) is 17.2. The molecule has 1 aromatic carbocycles. The molecule has 0 amide bonds. The monoisotopic (exact) mass is 445 g/mol. The van der Waals surface area contributed by atoms with Crippen LogP contribution in [0.5, 0.6) is 0 Å². The highest BCUT2D eigenvalue weighted by atomic mass is 127. The third-order valence-electron chi connectivity index (χ3n) is 4.27. The molecule has 0 unspecified atom stereocenters. The van der Waals surface area contributed by atoms with E-state index in [0.717, 1.165) is 12.0 Å². The highest BCUT2D eigenvalue weighted by Gasteiger charge is 2.23. The molecule has 0 aliphatic rings. The molecule has 1 aromatic rings. The van der Waals surface area contributed by atoms with Gasteiger partial charge in [0.1, 0.15) is 8.07 Å². The lowest BCUT2D eigenvalue weighted by Gasteiger charge is -2.20. The molecule has 23 heavy (non-hydrogen) atoms. The highest BCUT2D eigenvalue weighted by molar-refractivity contribution is 14.1. The second-order valence-corrected chi connectivity index (χ2v) is 11.5. The van der Waals surface area contributed by atoms with E-state index >= 15 is 0 Å². The summed E-state index contributed by atoms with van der Waals surface area (Å²) in [4.78, 5) is 10.6. The minimum atomic E-state index is -1.36. The first-order chi connectivity index (χ1) is 11.0. The smallest absolute Gasteiger partial charge is 0.283 e. The normalized spacial score (nSPS) is 11.0. The van der Waals surface area contributed by atoms with E-state index in [1.165, 1.54) is 24.2 Å². The van der Waals surface area contributed by atoms with Gasteiger partial charge in [0.15, 0.2) is 0 Å². The molecule has 6 heteroatoms. The molecular formula is C17H24INO3Si. The predicted molar refractivity (Wildman–Crippen MR) is 105 cm³/mol. The molecule has 0 heterocycles. The van der Waals surface area contributed by atoms with E-state index in [0.29, 0.717) is 16.8 Å². The third kappa shape index (κ3) is 5.90. The summed E-state index contributed by atoms with van der Waals surface area (Å²) in [6, 6.07) is 8.70. The van der Waals surface area contributed by atoms with Crippen LogP contribution in [0.15, 0.2) is 18.2 Å². The summed E-state index contributed by atoms with van der Waals surface area (Å²) in [5.74, 6) is 3.29. The minimum absolute atomic E-state index is 0.135. The lowest BCUT2D eigenvalue weighted by Crippen LogP contribution is -2.29. The Kier molecular flexibility index (Phi) is 8.80. The molecule has 0 aliphatic heterocycles. The van der Waals surface area contributed by atoms with Crippen molar-refractivity contribution in [3.63, 3.8) is 0 Å². The van der Waals surface area contributed by atoms with Crippen LogP contribution in [0.4, 0.5) is 5.69 Å². The highest BCUT2D eigenvalue weighted by Crippen LogP contribution is 2.24. The van der Waals surface area contributed by atoms with Crippen molar-refractivity contribution in [2.75, 3.05) is 6.61 Å². The van der Waals surface area contributed by atoms with Gasteiger partial charge in [0.05, 0.1) is 21.7 Å². The van der Waals surface area contributed by atoms with Gasteiger partial charge in [-0.25, -0.2) is 0 Å². The Morgan fingerprint density at radius 3 is 2.48 bits per heavy atom. The second-order valence-electron chi connectivity index (χ2n) is 5.45. The largest absolute Gasteiger partial charge is 0.376 e. The maximum Gasteiger partial charge on any atom is 0.283 e. The number of hydrogen-bond donors (Lipinski definition) is 0. The Labute approximate surface area is 153 Å². The summed E-state index contributed by atoms with van der Waals surface area (Å²) in [6.45, 7) is 7.69. The van der Waals surface area contributed by atoms with Crippen LogP contribution in [0, 0.1) is 25.1 Å². The summed E-state index contributed by atoms with van der Waals surface area (Å²) in [5, 5.41) is 10.9. The Morgan fingerprint density at radius 2 is 1.91 bits per heavy atom. The molecule has 0 radical (unpaired) electrons. The van der Waals surface area contributed by atoms with Crippen molar-refractivity contribution in [2.45, 2.75) is 51.9 Å². The first kappa shape index (κ1) is 20.1. The molecule has 0 bridgehead atoms. The van der Waals surface area contributed by atoms with E-state index in [9.17, 15) is 10.1 Å². The van der Waals surface area contributed by atoms with E-state index in [1.807, 2.05) is 28.7 Å². The minimum Gasteiger partial charge on any atom is -0.376 e. The average molecular weight is 445 g/mol. The molecule has 0 atom stereocenters. The van der Waals surface area contributed by atoms with Crippen molar-refractivity contribution < 1.29 is 9.66 Å². The van der Waals surface area contributed by atoms with Gasteiger partial charge in [-0.05, 0) is 46.3 Å². The summed E-state index contributed by atoms with van der Waals surface area (Å²) < 4.78 is 6.29. The van der Waals surface area contributed by atoms with Crippen molar-refractivity contribution in [3.05, 3.63) is 37.4 Å². The fourth-order valence-electron chi connectivity index (χ4n) is 2.39. The number of benzene rings is 1. The van der Waals surface area contributed by atoms with E-state index in [4.69, 9.17) is 4.74 Å². The van der Waals surface area contributed by atoms with Gasteiger partial charge in [0, 0.05) is 12.5 Å².